The molecule has 0 aliphatic heterocycles. The van der Waals surface area contributed by atoms with E-state index in [1.54, 1.807) is 50.5 Å². The molecule has 0 spiro atoms. The summed E-state index contributed by atoms with van der Waals surface area (Å²) in [5.74, 6) is -0.925. The van der Waals surface area contributed by atoms with Gasteiger partial charge in [0.2, 0.25) is 6.10 Å². The van der Waals surface area contributed by atoms with Crippen LogP contribution >= 0.6 is 0 Å². The maximum absolute atomic E-state index is 12.5. The zero-order valence-corrected chi connectivity index (χ0v) is 13.4. The number of likely N-dealkylation sites (N-methyl/N-ethyl adjacent to an activating group) is 1. The van der Waals surface area contributed by atoms with Gasteiger partial charge >= 0.3 is 5.97 Å². The van der Waals surface area contributed by atoms with Gasteiger partial charge in [0.05, 0.1) is 5.56 Å². The molecule has 1 atom stereocenters. The fourth-order valence-electron chi connectivity index (χ4n) is 2.15. The summed E-state index contributed by atoms with van der Waals surface area (Å²) in [4.78, 5) is 26.2. The first kappa shape index (κ1) is 16.5. The lowest BCUT2D eigenvalue weighted by molar-refractivity contribution is -0.138. The van der Waals surface area contributed by atoms with Gasteiger partial charge in [0.1, 0.15) is 0 Å². The van der Waals surface area contributed by atoms with Gasteiger partial charge in [-0.2, -0.15) is 0 Å². The molecule has 0 saturated heterocycles. The van der Waals surface area contributed by atoms with Crippen molar-refractivity contribution in [2.45, 2.75) is 13.0 Å². The summed E-state index contributed by atoms with van der Waals surface area (Å²) >= 11 is 0. The quantitative estimate of drug-likeness (QED) is 0.695. The summed E-state index contributed by atoms with van der Waals surface area (Å²) in [5, 5.41) is 0. The molecule has 0 radical (unpaired) electrons. The summed E-state index contributed by atoms with van der Waals surface area (Å²) in [6.07, 6.45) is -1.00. The van der Waals surface area contributed by atoms with Crippen LogP contribution in [0, 0.1) is 6.92 Å². The second-order valence-electron chi connectivity index (χ2n) is 5.46. The molecule has 2 aromatic carbocycles. The predicted octanol–water partition coefficient (Wildman–Crippen LogP) is 2.56. The largest absolute Gasteiger partial charge is 0.444 e. The lowest BCUT2D eigenvalue weighted by Crippen LogP contribution is -2.31. The molecule has 5 heteroatoms. The van der Waals surface area contributed by atoms with E-state index in [0.717, 1.165) is 5.56 Å². The number of anilines is 1. The molecular weight excluding hydrogens is 292 g/mol. The number of ether oxygens (including phenoxy) is 1. The number of amides is 1. The van der Waals surface area contributed by atoms with E-state index in [2.05, 4.69) is 0 Å². The molecular formula is C18H20N2O3. The second kappa shape index (κ2) is 6.96. The Labute approximate surface area is 135 Å². The molecule has 0 heterocycles. The van der Waals surface area contributed by atoms with Crippen LogP contribution in [0.3, 0.4) is 0 Å². The zero-order chi connectivity index (χ0) is 17.0. The van der Waals surface area contributed by atoms with Gasteiger partial charge in [-0.1, -0.05) is 42.5 Å². The lowest BCUT2D eigenvalue weighted by atomic mass is 10.1. The van der Waals surface area contributed by atoms with Gasteiger partial charge in [-0.15, -0.1) is 0 Å². The number of carbonyl (C=O) groups is 2. The first-order chi connectivity index (χ1) is 10.9. The molecule has 0 aromatic heterocycles. The number of para-hydroxylation sites is 1. The van der Waals surface area contributed by atoms with Crippen molar-refractivity contribution in [2.75, 3.05) is 19.8 Å². The molecule has 2 N–H and O–H groups in total. The molecule has 23 heavy (non-hydrogen) atoms. The third-order valence-electron chi connectivity index (χ3n) is 3.54. The highest BCUT2D eigenvalue weighted by Gasteiger charge is 2.27. The summed E-state index contributed by atoms with van der Waals surface area (Å²) < 4.78 is 5.47. The number of hydrogen-bond donors (Lipinski definition) is 1. The number of carbonyl (C=O) groups excluding carboxylic acids is 2. The van der Waals surface area contributed by atoms with Crippen LogP contribution in [-0.4, -0.2) is 30.9 Å². The highest BCUT2D eigenvalue weighted by Crippen LogP contribution is 2.24. The first-order valence-electron chi connectivity index (χ1n) is 7.24. The Morgan fingerprint density at radius 2 is 1.70 bits per heavy atom. The first-order valence-corrected chi connectivity index (χ1v) is 7.24. The van der Waals surface area contributed by atoms with Gasteiger partial charge in [0, 0.05) is 25.3 Å². The number of benzene rings is 2. The van der Waals surface area contributed by atoms with Crippen LogP contribution in [0.25, 0.3) is 0 Å². The molecule has 0 saturated carbocycles. The smallest absolute Gasteiger partial charge is 0.341 e. The Kier molecular flexibility index (Phi) is 5.01. The van der Waals surface area contributed by atoms with Crippen LogP contribution in [0.4, 0.5) is 5.69 Å². The number of nitrogens with two attached hydrogens (primary N) is 1. The Balaban J connectivity index is 2.33. The molecule has 0 bridgehead atoms. The summed E-state index contributed by atoms with van der Waals surface area (Å²) in [5.41, 5.74) is 7.96. The van der Waals surface area contributed by atoms with Crippen molar-refractivity contribution in [3.8, 4) is 0 Å². The van der Waals surface area contributed by atoms with Crippen molar-refractivity contribution in [1.82, 2.24) is 4.90 Å². The normalized spacial score (nSPS) is 11.6. The minimum atomic E-state index is -1.00. The molecule has 1 amide bonds. The molecule has 0 unspecified atom stereocenters. The SMILES string of the molecule is Cc1cccc(C(=O)O[C@@H](C(=O)N(C)C)c2ccccc2)c1N. The topological polar surface area (TPSA) is 72.6 Å². The fourth-order valence-corrected chi connectivity index (χ4v) is 2.15. The Morgan fingerprint density at radius 1 is 1.04 bits per heavy atom. The van der Waals surface area contributed by atoms with Crippen LogP contribution in [0.1, 0.15) is 27.6 Å². The third kappa shape index (κ3) is 3.69. The summed E-state index contributed by atoms with van der Waals surface area (Å²) in [6, 6.07) is 14.0. The molecule has 2 rings (SSSR count). The van der Waals surface area contributed by atoms with Crippen molar-refractivity contribution in [1.29, 1.82) is 0 Å². The number of nitrogens with zero attached hydrogens (tertiary/aromatic N) is 1. The predicted molar refractivity (Wildman–Crippen MR) is 88.9 cm³/mol. The Hall–Kier alpha value is -2.82. The molecule has 0 fully saturated rings. The number of nitrogen functional groups attached to an aromatic ring is 1. The summed E-state index contributed by atoms with van der Waals surface area (Å²) in [6.45, 7) is 1.81. The van der Waals surface area contributed by atoms with E-state index in [4.69, 9.17) is 10.5 Å². The van der Waals surface area contributed by atoms with E-state index in [9.17, 15) is 9.59 Å². The van der Waals surface area contributed by atoms with Gasteiger partial charge in [0.25, 0.3) is 5.91 Å². The van der Waals surface area contributed by atoms with Crippen molar-refractivity contribution in [3.05, 3.63) is 65.2 Å². The van der Waals surface area contributed by atoms with Gasteiger partial charge in [-0.25, -0.2) is 4.79 Å². The van der Waals surface area contributed by atoms with Crippen molar-refractivity contribution >= 4 is 17.6 Å². The van der Waals surface area contributed by atoms with Crippen molar-refractivity contribution < 1.29 is 14.3 Å². The Morgan fingerprint density at radius 3 is 2.30 bits per heavy atom. The molecule has 5 nitrogen and oxygen atoms in total. The summed E-state index contributed by atoms with van der Waals surface area (Å²) in [7, 11) is 3.24. The van der Waals surface area contributed by atoms with Gasteiger partial charge in [-0.05, 0) is 18.6 Å². The number of hydrogen-bond acceptors (Lipinski definition) is 4. The molecule has 2 aromatic rings. The van der Waals surface area contributed by atoms with Crippen molar-refractivity contribution in [2.24, 2.45) is 0 Å². The minimum Gasteiger partial charge on any atom is -0.444 e. The highest BCUT2D eigenvalue weighted by atomic mass is 16.5. The average molecular weight is 312 g/mol. The van der Waals surface area contributed by atoms with E-state index >= 15 is 0 Å². The number of aryl methyl sites for hydroxylation is 1. The van der Waals surface area contributed by atoms with E-state index < -0.39 is 12.1 Å². The number of esters is 1. The van der Waals surface area contributed by atoms with E-state index in [1.165, 1.54) is 4.90 Å². The van der Waals surface area contributed by atoms with Crippen LogP contribution in [-0.2, 0) is 9.53 Å². The van der Waals surface area contributed by atoms with Crippen LogP contribution < -0.4 is 5.73 Å². The zero-order valence-electron chi connectivity index (χ0n) is 13.4. The van der Waals surface area contributed by atoms with E-state index in [0.29, 0.717) is 11.3 Å². The monoisotopic (exact) mass is 312 g/mol. The van der Waals surface area contributed by atoms with E-state index in [1.807, 2.05) is 19.1 Å². The average Bonchev–Trinajstić information content (AvgIpc) is 2.55. The maximum Gasteiger partial charge on any atom is 0.341 e. The van der Waals surface area contributed by atoms with Crippen LogP contribution in [0.15, 0.2) is 48.5 Å². The van der Waals surface area contributed by atoms with Crippen LogP contribution in [0.2, 0.25) is 0 Å². The Bertz CT molecular complexity index is 711. The highest BCUT2D eigenvalue weighted by molar-refractivity contribution is 5.97. The van der Waals surface area contributed by atoms with Crippen molar-refractivity contribution in [3.63, 3.8) is 0 Å². The second-order valence-corrected chi connectivity index (χ2v) is 5.46. The molecule has 120 valence electrons. The minimum absolute atomic E-state index is 0.262. The third-order valence-corrected chi connectivity index (χ3v) is 3.54. The van der Waals surface area contributed by atoms with Gasteiger partial charge < -0.3 is 15.4 Å². The van der Waals surface area contributed by atoms with E-state index in [-0.39, 0.29) is 11.5 Å². The van der Waals surface area contributed by atoms with Gasteiger partial charge in [0.15, 0.2) is 0 Å². The molecule has 0 aliphatic carbocycles. The number of rotatable bonds is 4. The van der Waals surface area contributed by atoms with Crippen LogP contribution in [0.5, 0.6) is 0 Å². The fraction of sp³-hybridized carbons (Fsp3) is 0.222. The maximum atomic E-state index is 12.5. The van der Waals surface area contributed by atoms with Gasteiger partial charge in [-0.3, -0.25) is 4.79 Å². The molecule has 0 aliphatic rings. The lowest BCUT2D eigenvalue weighted by Gasteiger charge is -2.21. The standard InChI is InChI=1S/C18H20N2O3/c1-12-8-7-11-14(15(12)19)18(22)23-16(17(21)20(2)3)13-9-5-4-6-10-13/h4-11,16H,19H2,1-3H3/t16-/m1/s1.